The van der Waals surface area contributed by atoms with Crippen molar-refractivity contribution in [3.63, 3.8) is 0 Å². The molecule has 1 aliphatic carbocycles. The van der Waals surface area contributed by atoms with E-state index < -0.39 is 8.07 Å². The van der Waals surface area contributed by atoms with Crippen molar-refractivity contribution in [2.24, 2.45) is 0 Å². The van der Waals surface area contributed by atoms with Gasteiger partial charge in [0.25, 0.3) is 0 Å². The van der Waals surface area contributed by atoms with Gasteiger partial charge >= 0.3 is 0 Å². The molecule has 0 aliphatic heterocycles. The minimum Gasteiger partial charge on any atom is -0.456 e. The molecule has 0 saturated heterocycles. The fraction of sp³-hybridized carbons (Fsp3) is 0.0333. The molecule has 6 aromatic heterocycles. The van der Waals surface area contributed by atoms with E-state index in [4.69, 9.17) is 24.4 Å². The molecular formula is C60H40N8OSi. The summed E-state index contributed by atoms with van der Waals surface area (Å²) in [6.45, 7) is 0. The van der Waals surface area contributed by atoms with Crippen LogP contribution in [0.25, 0.3) is 94.8 Å². The highest BCUT2D eigenvalue weighted by Crippen LogP contribution is 2.37. The molecule has 0 bridgehead atoms. The highest BCUT2D eigenvalue weighted by Gasteiger charge is 2.45. The number of benzene rings is 8. The van der Waals surface area contributed by atoms with Gasteiger partial charge in [0.2, 0.25) is 11.6 Å². The molecule has 6 heterocycles. The Morgan fingerprint density at radius 2 is 0.914 bits per heavy atom. The summed E-state index contributed by atoms with van der Waals surface area (Å²) < 4.78 is 15.8. The van der Waals surface area contributed by atoms with Crippen LogP contribution in [0.4, 0.5) is 0 Å². The van der Waals surface area contributed by atoms with Crippen molar-refractivity contribution in [2.45, 2.75) is 12.8 Å². The number of imidazole rings is 4. The average molecular weight is 917 g/mol. The van der Waals surface area contributed by atoms with Gasteiger partial charge in [-0.1, -0.05) is 163 Å². The molecule has 15 rings (SSSR count). The molecule has 0 spiro atoms. The van der Waals surface area contributed by atoms with Crippen LogP contribution in [-0.4, -0.2) is 45.9 Å². The van der Waals surface area contributed by atoms with Gasteiger partial charge in [-0.15, -0.1) is 0 Å². The molecule has 0 amide bonds. The number of fused-ring (bicyclic) bond motifs is 13. The van der Waals surface area contributed by atoms with Gasteiger partial charge in [-0.25, -0.2) is 19.9 Å². The molecule has 330 valence electrons. The fourth-order valence-corrected chi connectivity index (χ4v) is 16.7. The van der Waals surface area contributed by atoms with Crippen molar-refractivity contribution < 1.29 is 4.42 Å². The average Bonchev–Trinajstić information content (AvgIpc) is 4.24. The van der Waals surface area contributed by atoms with Gasteiger partial charge in [-0.05, 0) is 88.6 Å². The van der Waals surface area contributed by atoms with Crippen molar-refractivity contribution in [2.75, 3.05) is 0 Å². The predicted molar refractivity (Wildman–Crippen MR) is 285 cm³/mol. The van der Waals surface area contributed by atoms with Crippen molar-refractivity contribution >= 4 is 107 Å². The SMILES string of the molecule is C1=C(c2nc(-n3c4ccccc4n4c5ccccc5nc34)cc(-n3c4ccccc4n4c5ccccc5nc34)n2)CCC([Si](c2ccccc2)(c2ccccc2)c2cccc3c2oc2ccccc23)=C1. The lowest BCUT2D eigenvalue weighted by Crippen LogP contribution is -2.69. The summed E-state index contributed by atoms with van der Waals surface area (Å²) in [4.78, 5) is 21.7. The van der Waals surface area contributed by atoms with E-state index in [9.17, 15) is 0 Å². The predicted octanol–water partition coefficient (Wildman–Crippen LogP) is 11.7. The van der Waals surface area contributed by atoms with Crippen LogP contribution in [0.2, 0.25) is 0 Å². The Hall–Kier alpha value is -9.12. The number of para-hydroxylation sites is 10. The molecule has 14 aromatic rings. The van der Waals surface area contributed by atoms with Gasteiger partial charge in [0.1, 0.15) is 22.8 Å². The molecule has 0 N–H and O–H groups in total. The second kappa shape index (κ2) is 14.9. The van der Waals surface area contributed by atoms with E-state index >= 15 is 0 Å². The van der Waals surface area contributed by atoms with E-state index in [1.54, 1.807) is 0 Å². The normalized spacial score (nSPS) is 13.5. The van der Waals surface area contributed by atoms with E-state index in [0.29, 0.717) is 5.82 Å². The van der Waals surface area contributed by atoms with Gasteiger partial charge in [0.05, 0.1) is 44.1 Å². The largest absolute Gasteiger partial charge is 0.456 e. The number of aromatic nitrogens is 8. The van der Waals surface area contributed by atoms with Crippen LogP contribution in [-0.2, 0) is 0 Å². The summed E-state index contributed by atoms with van der Waals surface area (Å²) in [7, 11) is -2.99. The van der Waals surface area contributed by atoms with Crippen LogP contribution < -0.4 is 15.6 Å². The van der Waals surface area contributed by atoms with Crippen LogP contribution in [0.3, 0.4) is 0 Å². The molecule has 70 heavy (non-hydrogen) atoms. The van der Waals surface area contributed by atoms with E-state index in [1.807, 2.05) is 12.1 Å². The topological polar surface area (TPSA) is 83.4 Å². The van der Waals surface area contributed by atoms with Gasteiger partial charge in [0, 0.05) is 16.8 Å². The maximum absolute atomic E-state index is 6.93. The summed E-state index contributed by atoms with van der Waals surface area (Å²) in [6.07, 6.45) is 6.20. The van der Waals surface area contributed by atoms with Crippen LogP contribution in [0.15, 0.2) is 228 Å². The van der Waals surface area contributed by atoms with Gasteiger partial charge < -0.3 is 4.42 Å². The third-order valence-electron chi connectivity index (χ3n) is 14.5. The van der Waals surface area contributed by atoms with E-state index in [2.05, 4.69) is 224 Å². The Morgan fingerprint density at radius 3 is 1.49 bits per heavy atom. The maximum atomic E-state index is 6.93. The molecular weight excluding hydrogens is 877 g/mol. The third-order valence-corrected chi connectivity index (χ3v) is 19.5. The van der Waals surface area contributed by atoms with Crippen LogP contribution in [0.1, 0.15) is 18.7 Å². The molecule has 0 fully saturated rings. The van der Waals surface area contributed by atoms with Gasteiger partial charge in [-0.2, -0.15) is 0 Å². The van der Waals surface area contributed by atoms with Crippen LogP contribution >= 0.6 is 0 Å². The molecule has 8 aromatic carbocycles. The van der Waals surface area contributed by atoms with Crippen molar-refractivity contribution in [3.8, 4) is 11.6 Å². The van der Waals surface area contributed by atoms with Crippen LogP contribution in [0, 0.1) is 0 Å². The fourth-order valence-electron chi connectivity index (χ4n) is 11.5. The van der Waals surface area contributed by atoms with Crippen LogP contribution in [0.5, 0.6) is 0 Å². The van der Waals surface area contributed by atoms with Crippen molar-refractivity contribution in [3.05, 3.63) is 229 Å². The standard InChI is InChI=1S/C60H40N8OSi/c1-3-18-40(19-4-1)70(41-20-5-2-6-21-41,54-33-17-23-44-43-22-7-16-32-53(43)69-57(44)54)42-36-34-39(35-37-42)58-63-55(67-51-30-14-12-28-49(51)65-47-26-10-8-24-45(47)61-59(65)67)38-56(64-58)68-52-31-15-13-29-50(52)66-48-27-11-9-25-46(48)62-60(66)68/h1-34,36,38H,35,37H2. The molecule has 0 unspecified atom stereocenters. The van der Waals surface area contributed by atoms with Gasteiger partial charge in [-0.3, -0.25) is 17.9 Å². The Labute approximate surface area is 401 Å². The lowest BCUT2D eigenvalue weighted by atomic mass is 10.0. The molecule has 10 heteroatoms. The number of hydrogen-bond acceptors (Lipinski definition) is 5. The first-order chi connectivity index (χ1) is 34.7. The van der Waals surface area contributed by atoms with E-state index in [-0.39, 0.29) is 0 Å². The number of hydrogen-bond donors (Lipinski definition) is 0. The van der Waals surface area contributed by atoms with Crippen molar-refractivity contribution in [1.29, 1.82) is 0 Å². The molecule has 9 nitrogen and oxygen atoms in total. The Morgan fingerprint density at radius 1 is 0.414 bits per heavy atom. The summed E-state index contributed by atoms with van der Waals surface area (Å²) in [5.74, 6) is 3.67. The molecule has 1 aliphatic rings. The monoisotopic (exact) mass is 916 g/mol. The number of furan rings is 1. The number of allylic oxidation sites excluding steroid dienone is 4. The Kier molecular flexibility index (Phi) is 8.31. The minimum atomic E-state index is -2.99. The first-order valence-corrected chi connectivity index (χ1v) is 25.8. The van der Waals surface area contributed by atoms with Gasteiger partial charge in [0.15, 0.2) is 13.9 Å². The van der Waals surface area contributed by atoms with E-state index in [1.165, 1.54) is 20.8 Å². The molecule has 0 radical (unpaired) electrons. The second-order valence-corrected chi connectivity index (χ2v) is 22.0. The smallest absolute Gasteiger partial charge is 0.221 e. The Balaban J connectivity index is 1.000. The summed E-state index contributed by atoms with van der Waals surface area (Å²) in [5, 5.41) is 7.52. The number of rotatable bonds is 7. The summed E-state index contributed by atoms with van der Waals surface area (Å²) in [5.41, 5.74) is 10.9. The Bertz CT molecular complexity index is 4290. The second-order valence-electron chi connectivity index (χ2n) is 18.2. The number of nitrogens with zero attached hydrogens (tertiary/aromatic N) is 8. The molecule has 0 saturated carbocycles. The lowest BCUT2D eigenvalue weighted by molar-refractivity contribution is 0.671. The van der Waals surface area contributed by atoms with E-state index in [0.717, 1.165) is 108 Å². The maximum Gasteiger partial charge on any atom is 0.221 e. The van der Waals surface area contributed by atoms with Crippen molar-refractivity contribution in [1.82, 2.24) is 37.9 Å². The summed E-state index contributed by atoms with van der Waals surface area (Å²) in [6, 6.07) is 73.1. The summed E-state index contributed by atoms with van der Waals surface area (Å²) >= 11 is 0. The molecule has 0 atom stereocenters. The first-order valence-electron chi connectivity index (χ1n) is 23.8. The zero-order valence-corrected chi connectivity index (χ0v) is 38.7. The lowest BCUT2D eigenvalue weighted by Gasteiger charge is -2.37. The zero-order chi connectivity index (χ0) is 45.9. The highest BCUT2D eigenvalue weighted by atomic mass is 28.3. The first kappa shape index (κ1) is 38.9. The zero-order valence-electron chi connectivity index (χ0n) is 37.7. The quantitative estimate of drug-likeness (QED) is 0.117. The minimum absolute atomic E-state index is 0.660. The third kappa shape index (κ3) is 5.47. The highest BCUT2D eigenvalue weighted by molar-refractivity contribution is 7.17.